The molecule has 0 aromatic carbocycles. The second-order valence-corrected chi connectivity index (χ2v) is 3.60. The molecule has 0 atom stereocenters. The summed E-state index contributed by atoms with van der Waals surface area (Å²) in [5.74, 6) is 0. The second-order valence-electron chi connectivity index (χ2n) is 2.01. The molecule has 0 saturated heterocycles. The zero-order chi connectivity index (χ0) is 9.73. The van der Waals surface area contributed by atoms with Gasteiger partial charge in [0.15, 0.2) is 5.03 Å². The van der Waals surface area contributed by atoms with Gasteiger partial charge in [0.05, 0.1) is 0 Å². The molecule has 13 heavy (non-hydrogen) atoms. The summed E-state index contributed by atoms with van der Waals surface area (Å²) in [6.45, 7) is -1.23. The average molecular weight is 206 g/mol. The van der Waals surface area contributed by atoms with Crippen molar-refractivity contribution in [2.45, 2.75) is 5.03 Å². The Hall–Kier alpha value is -1.05. The van der Waals surface area contributed by atoms with Gasteiger partial charge in [-0.2, -0.15) is 0 Å². The first-order valence-corrected chi connectivity index (χ1v) is 4.76. The zero-order valence-electron chi connectivity index (χ0n) is 6.47. The van der Waals surface area contributed by atoms with Crippen LogP contribution in [0.15, 0.2) is 29.4 Å². The normalized spacial score (nSPS) is 11.5. The second kappa shape index (κ2) is 4.26. The highest BCUT2D eigenvalue weighted by atomic mass is 32.2. The van der Waals surface area contributed by atoms with Crippen LogP contribution in [0.1, 0.15) is 0 Å². The molecule has 0 bridgehead atoms. The van der Waals surface area contributed by atoms with E-state index in [1.165, 1.54) is 18.3 Å². The SMILES string of the molecule is O=S(=O)(NOCF)c1ccccn1. The first-order chi connectivity index (χ1) is 6.17. The van der Waals surface area contributed by atoms with Crippen LogP contribution in [0.4, 0.5) is 4.39 Å². The van der Waals surface area contributed by atoms with Crippen molar-refractivity contribution in [3.05, 3.63) is 24.4 Å². The van der Waals surface area contributed by atoms with Crippen LogP contribution >= 0.6 is 0 Å². The van der Waals surface area contributed by atoms with E-state index in [9.17, 15) is 12.8 Å². The number of alkyl halides is 1. The third kappa shape index (κ3) is 2.72. The summed E-state index contributed by atoms with van der Waals surface area (Å²) in [6, 6.07) is 4.33. The summed E-state index contributed by atoms with van der Waals surface area (Å²) in [4.78, 5) is 9.02. The molecule has 1 aromatic rings. The Labute approximate surface area is 74.6 Å². The monoisotopic (exact) mass is 206 g/mol. The van der Waals surface area contributed by atoms with Crippen LogP contribution < -0.4 is 4.89 Å². The van der Waals surface area contributed by atoms with Gasteiger partial charge in [-0.25, -0.2) is 17.8 Å². The Morgan fingerprint density at radius 3 is 2.85 bits per heavy atom. The fourth-order valence-corrected chi connectivity index (χ4v) is 1.39. The Bertz CT molecular complexity index is 353. The van der Waals surface area contributed by atoms with Crippen molar-refractivity contribution < 1.29 is 17.6 Å². The average Bonchev–Trinajstić information content (AvgIpc) is 2.16. The van der Waals surface area contributed by atoms with Crippen molar-refractivity contribution in [1.29, 1.82) is 0 Å². The van der Waals surface area contributed by atoms with Crippen LogP contribution in [0.2, 0.25) is 0 Å². The predicted molar refractivity (Wildman–Crippen MR) is 41.6 cm³/mol. The van der Waals surface area contributed by atoms with Crippen molar-refractivity contribution in [2.75, 3.05) is 6.86 Å². The van der Waals surface area contributed by atoms with Gasteiger partial charge >= 0.3 is 0 Å². The first-order valence-electron chi connectivity index (χ1n) is 3.27. The van der Waals surface area contributed by atoms with Gasteiger partial charge in [-0.05, 0) is 12.1 Å². The number of nitrogens with one attached hydrogen (secondary N) is 1. The largest absolute Gasteiger partial charge is 0.279 e. The maximum atomic E-state index is 11.5. The molecule has 0 spiro atoms. The topological polar surface area (TPSA) is 68.3 Å². The van der Waals surface area contributed by atoms with Crippen LogP contribution in [-0.4, -0.2) is 20.3 Å². The fraction of sp³-hybridized carbons (Fsp3) is 0.167. The van der Waals surface area contributed by atoms with Crippen molar-refractivity contribution in [2.24, 2.45) is 0 Å². The maximum absolute atomic E-state index is 11.5. The number of hydrogen-bond donors (Lipinski definition) is 1. The third-order valence-corrected chi connectivity index (χ3v) is 2.27. The minimum atomic E-state index is -3.85. The first kappa shape index (κ1) is 10.0. The molecule has 0 saturated carbocycles. The summed E-state index contributed by atoms with van der Waals surface area (Å²) in [6.07, 6.45) is 1.31. The van der Waals surface area contributed by atoms with Crippen molar-refractivity contribution in [3.63, 3.8) is 0 Å². The minimum Gasteiger partial charge on any atom is -0.253 e. The lowest BCUT2D eigenvalue weighted by molar-refractivity contribution is 0.0243. The van der Waals surface area contributed by atoms with E-state index in [-0.39, 0.29) is 5.03 Å². The highest BCUT2D eigenvalue weighted by molar-refractivity contribution is 7.89. The molecule has 0 aliphatic carbocycles. The zero-order valence-corrected chi connectivity index (χ0v) is 7.29. The highest BCUT2D eigenvalue weighted by Crippen LogP contribution is 2.02. The molecule has 7 heteroatoms. The Kier molecular flexibility index (Phi) is 3.29. The van der Waals surface area contributed by atoms with E-state index < -0.39 is 16.9 Å². The number of nitrogens with zero attached hydrogens (tertiary/aromatic N) is 1. The Morgan fingerprint density at radius 2 is 2.31 bits per heavy atom. The number of rotatable bonds is 4. The molecule has 0 amide bonds. The van der Waals surface area contributed by atoms with Gasteiger partial charge in [0.1, 0.15) is 0 Å². The summed E-state index contributed by atoms with van der Waals surface area (Å²) >= 11 is 0. The van der Waals surface area contributed by atoms with Crippen LogP contribution in [0.25, 0.3) is 0 Å². The quantitative estimate of drug-likeness (QED) is 0.715. The van der Waals surface area contributed by atoms with E-state index in [2.05, 4.69) is 9.82 Å². The van der Waals surface area contributed by atoms with Gasteiger partial charge in [-0.3, -0.25) is 4.84 Å². The molecule has 0 aliphatic heterocycles. The van der Waals surface area contributed by atoms with E-state index in [1.807, 2.05) is 0 Å². The summed E-state index contributed by atoms with van der Waals surface area (Å²) < 4.78 is 33.7. The van der Waals surface area contributed by atoms with Crippen molar-refractivity contribution in [1.82, 2.24) is 9.87 Å². The van der Waals surface area contributed by atoms with Crippen LogP contribution in [0.3, 0.4) is 0 Å². The molecule has 1 heterocycles. The minimum absolute atomic E-state index is 0.219. The lowest BCUT2D eigenvalue weighted by Crippen LogP contribution is -2.24. The molecule has 0 fully saturated rings. The van der Waals surface area contributed by atoms with Gasteiger partial charge < -0.3 is 0 Å². The maximum Gasteiger partial charge on any atom is 0.279 e. The summed E-state index contributed by atoms with van der Waals surface area (Å²) in [7, 11) is -3.85. The standard InChI is InChI=1S/C6H7FN2O3S/c7-5-12-9-13(10,11)6-3-1-2-4-8-6/h1-4,9H,5H2. The van der Waals surface area contributed by atoms with E-state index >= 15 is 0 Å². The van der Waals surface area contributed by atoms with Crippen LogP contribution in [-0.2, 0) is 14.9 Å². The number of hydrogen-bond acceptors (Lipinski definition) is 4. The van der Waals surface area contributed by atoms with Crippen molar-refractivity contribution >= 4 is 10.0 Å². The number of pyridine rings is 1. The highest BCUT2D eigenvalue weighted by Gasteiger charge is 2.14. The van der Waals surface area contributed by atoms with E-state index in [0.29, 0.717) is 0 Å². The van der Waals surface area contributed by atoms with Crippen LogP contribution in [0, 0.1) is 0 Å². The van der Waals surface area contributed by atoms with Crippen LogP contribution in [0.5, 0.6) is 0 Å². The molecule has 1 rings (SSSR count). The van der Waals surface area contributed by atoms with E-state index in [0.717, 1.165) is 0 Å². The van der Waals surface area contributed by atoms with Gasteiger partial charge in [-0.15, -0.1) is 0 Å². The predicted octanol–water partition coefficient (Wildman–Crippen LogP) is 0.218. The number of halogens is 1. The number of sulfonamides is 1. The van der Waals surface area contributed by atoms with Gasteiger partial charge in [0.25, 0.3) is 10.0 Å². The molecule has 0 aliphatic rings. The van der Waals surface area contributed by atoms with E-state index in [1.54, 1.807) is 11.0 Å². The summed E-state index contributed by atoms with van der Waals surface area (Å²) in [5.41, 5.74) is 0. The summed E-state index contributed by atoms with van der Waals surface area (Å²) in [5, 5.41) is -0.219. The molecule has 0 unspecified atom stereocenters. The molecule has 72 valence electrons. The van der Waals surface area contributed by atoms with Gasteiger partial charge in [-0.1, -0.05) is 11.0 Å². The third-order valence-electron chi connectivity index (χ3n) is 1.14. The van der Waals surface area contributed by atoms with E-state index in [4.69, 9.17) is 0 Å². The molecule has 0 radical (unpaired) electrons. The number of aromatic nitrogens is 1. The molecular formula is C6H7FN2O3S. The lowest BCUT2D eigenvalue weighted by atomic mass is 10.5. The molecule has 5 nitrogen and oxygen atoms in total. The lowest BCUT2D eigenvalue weighted by Gasteiger charge is -2.02. The smallest absolute Gasteiger partial charge is 0.253 e. The van der Waals surface area contributed by atoms with Gasteiger partial charge in [0, 0.05) is 6.20 Å². The van der Waals surface area contributed by atoms with Gasteiger partial charge in [0.2, 0.25) is 6.86 Å². The Balaban J connectivity index is 2.83. The fourth-order valence-electron chi connectivity index (χ4n) is 0.649. The van der Waals surface area contributed by atoms with Crippen molar-refractivity contribution in [3.8, 4) is 0 Å². The molecule has 1 N–H and O–H groups in total. The Morgan fingerprint density at radius 1 is 1.54 bits per heavy atom. The molecule has 1 aromatic heterocycles. The molecular weight excluding hydrogens is 199 g/mol.